The average molecular weight is 195 g/mol. The smallest absolute Gasteiger partial charge is 0.257 e. The predicted octanol–water partition coefficient (Wildman–Crippen LogP) is 0.736. The molecule has 76 valence electrons. The van der Waals surface area contributed by atoms with E-state index >= 15 is 0 Å². The minimum atomic E-state index is -0.185. The van der Waals surface area contributed by atoms with Crippen LogP contribution >= 0.6 is 0 Å². The number of aromatic nitrogens is 2. The number of hydrogen-bond donors (Lipinski definition) is 1. The molecule has 3 rings (SSSR count). The molecule has 1 aromatic heterocycles. The zero-order valence-corrected chi connectivity index (χ0v) is 7.85. The SMILES string of the molecule is N[C@H]1CCO[C@@H]1c1nc(C2CC2)no1. The lowest BCUT2D eigenvalue weighted by Crippen LogP contribution is -2.23. The molecule has 0 spiro atoms. The lowest BCUT2D eigenvalue weighted by atomic mass is 10.1. The minimum absolute atomic E-state index is 0.00232. The third kappa shape index (κ3) is 1.33. The molecule has 2 fully saturated rings. The van der Waals surface area contributed by atoms with Gasteiger partial charge in [0.2, 0.25) is 0 Å². The number of nitrogens with two attached hydrogens (primary N) is 1. The molecule has 5 nitrogen and oxygen atoms in total. The van der Waals surface area contributed by atoms with Crippen molar-refractivity contribution < 1.29 is 9.26 Å². The minimum Gasteiger partial charge on any atom is -0.367 e. The highest BCUT2D eigenvalue weighted by Gasteiger charge is 2.34. The largest absolute Gasteiger partial charge is 0.367 e. The molecule has 2 atom stereocenters. The maximum Gasteiger partial charge on any atom is 0.257 e. The summed E-state index contributed by atoms with van der Waals surface area (Å²) in [6.07, 6.45) is 3.04. The first-order valence-electron chi connectivity index (χ1n) is 5.05. The predicted molar refractivity (Wildman–Crippen MR) is 47.6 cm³/mol. The van der Waals surface area contributed by atoms with E-state index in [9.17, 15) is 0 Å². The first kappa shape index (κ1) is 8.38. The summed E-state index contributed by atoms with van der Waals surface area (Å²) >= 11 is 0. The quantitative estimate of drug-likeness (QED) is 0.753. The van der Waals surface area contributed by atoms with Crippen LogP contribution in [0.3, 0.4) is 0 Å². The van der Waals surface area contributed by atoms with Crippen molar-refractivity contribution in [3.63, 3.8) is 0 Å². The van der Waals surface area contributed by atoms with Crippen LogP contribution in [0.5, 0.6) is 0 Å². The van der Waals surface area contributed by atoms with Crippen molar-refractivity contribution in [2.75, 3.05) is 6.61 Å². The lowest BCUT2D eigenvalue weighted by Gasteiger charge is -2.07. The molecule has 1 saturated heterocycles. The third-order valence-electron chi connectivity index (χ3n) is 2.78. The molecule has 2 heterocycles. The molecular formula is C9H13N3O2. The topological polar surface area (TPSA) is 74.2 Å². The van der Waals surface area contributed by atoms with Crippen molar-refractivity contribution >= 4 is 0 Å². The zero-order chi connectivity index (χ0) is 9.54. The summed E-state index contributed by atoms with van der Waals surface area (Å²) in [5.41, 5.74) is 5.86. The molecular weight excluding hydrogens is 182 g/mol. The van der Waals surface area contributed by atoms with Crippen LogP contribution < -0.4 is 5.73 Å². The Kier molecular flexibility index (Phi) is 1.81. The van der Waals surface area contributed by atoms with Crippen LogP contribution in [0, 0.1) is 0 Å². The number of hydrogen-bond acceptors (Lipinski definition) is 5. The Balaban J connectivity index is 1.81. The summed E-state index contributed by atoms with van der Waals surface area (Å²) in [5.74, 6) is 1.89. The lowest BCUT2D eigenvalue weighted by molar-refractivity contribution is 0.0767. The Hall–Kier alpha value is -0.940. The van der Waals surface area contributed by atoms with E-state index in [0.717, 1.165) is 12.2 Å². The van der Waals surface area contributed by atoms with Gasteiger partial charge in [-0.1, -0.05) is 5.16 Å². The Bertz CT molecular complexity index is 335. The summed E-state index contributed by atoms with van der Waals surface area (Å²) in [4.78, 5) is 4.32. The van der Waals surface area contributed by atoms with Gasteiger partial charge in [-0.05, 0) is 19.3 Å². The van der Waals surface area contributed by atoms with Gasteiger partial charge in [-0.3, -0.25) is 0 Å². The molecule has 1 saturated carbocycles. The third-order valence-corrected chi connectivity index (χ3v) is 2.78. The van der Waals surface area contributed by atoms with Crippen LogP contribution in [-0.2, 0) is 4.74 Å². The second-order valence-corrected chi connectivity index (χ2v) is 4.01. The Morgan fingerprint density at radius 1 is 1.29 bits per heavy atom. The normalized spacial score (nSPS) is 32.4. The van der Waals surface area contributed by atoms with Crippen molar-refractivity contribution in [3.8, 4) is 0 Å². The number of nitrogens with zero attached hydrogens (tertiary/aromatic N) is 2. The van der Waals surface area contributed by atoms with Crippen molar-refractivity contribution in [1.82, 2.24) is 10.1 Å². The summed E-state index contributed by atoms with van der Waals surface area (Å²) in [6.45, 7) is 0.687. The maximum absolute atomic E-state index is 5.86. The van der Waals surface area contributed by atoms with E-state index in [0.29, 0.717) is 18.4 Å². The molecule has 14 heavy (non-hydrogen) atoms. The van der Waals surface area contributed by atoms with Gasteiger partial charge in [-0.2, -0.15) is 4.98 Å². The summed E-state index contributed by atoms with van der Waals surface area (Å²) in [5, 5.41) is 3.94. The second-order valence-electron chi connectivity index (χ2n) is 4.01. The van der Waals surface area contributed by atoms with E-state index in [1.54, 1.807) is 0 Å². The molecule has 0 aromatic carbocycles. The molecule has 2 N–H and O–H groups in total. The fraction of sp³-hybridized carbons (Fsp3) is 0.778. The van der Waals surface area contributed by atoms with E-state index in [4.69, 9.17) is 15.0 Å². The van der Waals surface area contributed by atoms with E-state index in [2.05, 4.69) is 10.1 Å². The van der Waals surface area contributed by atoms with Crippen LogP contribution in [0.2, 0.25) is 0 Å². The highest BCUT2D eigenvalue weighted by atomic mass is 16.5. The van der Waals surface area contributed by atoms with Gasteiger partial charge in [-0.25, -0.2) is 0 Å². The van der Waals surface area contributed by atoms with Crippen molar-refractivity contribution in [3.05, 3.63) is 11.7 Å². The molecule has 0 bridgehead atoms. The average Bonchev–Trinajstić information content (AvgIpc) is 2.75. The Labute approximate surface area is 81.6 Å². The van der Waals surface area contributed by atoms with Gasteiger partial charge in [0.25, 0.3) is 5.89 Å². The standard InChI is InChI=1S/C9H13N3O2/c10-6-3-4-13-7(6)9-11-8(12-14-9)5-1-2-5/h5-7H,1-4,10H2/t6-,7-/m0/s1. The van der Waals surface area contributed by atoms with Crippen molar-refractivity contribution in [2.24, 2.45) is 5.73 Å². The fourth-order valence-corrected chi connectivity index (χ4v) is 1.73. The zero-order valence-electron chi connectivity index (χ0n) is 7.85. The summed E-state index contributed by atoms with van der Waals surface area (Å²) in [6, 6.07) is 0.00232. The fourth-order valence-electron chi connectivity index (χ4n) is 1.73. The second kappa shape index (κ2) is 3.03. The van der Waals surface area contributed by atoms with Crippen LogP contribution in [-0.4, -0.2) is 22.8 Å². The van der Waals surface area contributed by atoms with Crippen LogP contribution in [0.15, 0.2) is 4.52 Å². The van der Waals surface area contributed by atoms with E-state index in [-0.39, 0.29) is 12.1 Å². The van der Waals surface area contributed by atoms with E-state index in [1.807, 2.05) is 0 Å². The van der Waals surface area contributed by atoms with Gasteiger partial charge in [0.1, 0.15) is 0 Å². The van der Waals surface area contributed by atoms with Crippen LogP contribution in [0.4, 0.5) is 0 Å². The molecule has 1 aliphatic heterocycles. The first-order chi connectivity index (χ1) is 6.84. The molecule has 5 heteroatoms. The molecule has 0 amide bonds. The summed E-state index contributed by atoms with van der Waals surface area (Å²) in [7, 11) is 0. The molecule has 2 aliphatic rings. The van der Waals surface area contributed by atoms with Gasteiger partial charge in [-0.15, -0.1) is 0 Å². The van der Waals surface area contributed by atoms with Crippen LogP contribution in [0.1, 0.15) is 43.0 Å². The first-order valence-corrected chi connectivity index (χ1v) is 5.05. The van der Waals surface area contributed by atoms with Gasteiger partial charge >= 0.3 is 0 Å². The molecule has 0 unspecified atom stereocenters. The van der Waals surface area contributed by atoms with Gasteiger partial charge in [0, 0.05) is 18.6 Å². The van der Waals surface area contributed by atoms with Gasteiger partial charge < -0.3 is 15.0 Å². The van der Waals surface area contributed by atoms with Crippen LogP contribution in [0.25, 0.3) is 0 Å². The van der Waals surface area contributed by atoms with E-state index in [1.165, 1.54) is 12.8 Å². The molecule has 1 aliphatic carbocycles. The maximum atomic E-state index is 5.86. The van der Waals surface area contributed by atoms with Gasteiger partial charge in [0.15, 0.2) is 11.9 Å². The molecule has 0 radical (unpaired) electrons. The highest BCUT2D eigenvalue weighted by Crippen LogP contribution is 2.39. The van der Waals surface area contributed by atoms with E-state index < -0.39 is 0 Å². The Morgan fingerprint density at radius 2 is 2.14 bits per heavy atom. The monoisotopic (exact) mass is 195 g/mol. The summed E-state index contributed by atoms with van der Waals surface area (Å²) < 4.78 is 10.6. The number of ether oxygens (including phenoxy) is 1. The van der Waals surface area contributed by atoms with Crippen molar-refractivity contribution in [2.45, 2.75) is 37.3 Å². The highest BCUT2D eigenvalue weighted by molar-refractivity contribution is 5.05. The van der Waals surface area contributed by atoms with Crippen molar-refractivity contribution in [1.29, 1.82) is 0 Å². The molecule has 1 aromatic rings. The van der Waals surface area contributed by atoms with Gasteiger partial charge in [0.05, 0.1) is 0 Å². The Morgan fingerprint density at radius 3 is 2.79 bits per heavy atom. The number of rotatable bonds is 2.